The summed E-state index contributed by atoms with van der Waals surface area (Å²) in [6.45, 7) is 4.86. The van der Waals surface area contributed by atoms with Crippen LogP contribution in [0.3, 0.4) is 0 Å². The van der Waals surface area contributed by atoms with Gasteiger partial charge in [-0.25, -0.2) is 4.79 Å². The zero-order valence-corrected chi connectivity index (χ0v) is 11.6. The monoisotopic (exact) mass is 288 g/mol. The second kappa shape index (κ2) is 6.36. The second-order valence-electron chi connectivity index (χ2n) is 4.32. The minimum absolute atomic E-state index is 0.640. The first kappa shape index (κ1) is 15.9. The molecule has 4 atom stereocenters. The molecular formula is C12H16O8. The summed E-state index contributed by atoms with van der Waals surface area (Å²) in [7, 11) is 0. The van der Waals surface area contributed by atoms with Crippen molar-refractivity contribution in [3.63, 3.8) is 0 Å². The first-order chi connectivity index (χ1) is 9.22. The average Bonchev–Trinajstić information content (AvgIpc) is 2.27. The van der Waals surface area contributed by atoms with Crippen LogP contribution in [-0.4, -0.2) is 48.3 Å². The Balaban J connectivity index is 3.05. The molecule has 1 fully saturated rings. The summed E-state index contributed by atoms with van der Waals surface area (Å²) in [5.74, 6) is -2.95. The smallest absolute Gasteiger partial charge is 0.352 e. The van der Waals surface area contributed by atoms with E-state index in [-0.39, 0.29) is 0 Å². The third-order valence-corrected chi connectivity index (χ3v) is 2.52. The fraction of sp³-hybridized carbons (Fsp3) is 0.667. The van der Waals surface area contributed by atoms with Crippen molar-refractivity contribution in [1.82, 2.24) is 0 Å². The van der Waals surface area contributed by atoms with Crippen molar-refractivity contribution in [2.75, 3.05) is 0 Å². The van der Waals surface area contributed by atoms with Crippen molar-refractivity contribution in [2.24, 2.45) is 0 Å². The van der Waals surface area contributed by atoms with E-state index >= 15 is 0 Å². The molecule has 1 saturated heterocycles. The Morgan fingerprint density at radius 1 is 0.900 bits per heavy atom. The molecule has 0 radical (unpaired) electrons. The lowest BCUT2D eigenvalue weighted by atomic mass is 9.99. The van der Waals surface area contributed by atoms with Gasteiger partial charge in [-0.15, -0.1) is 0 Å². The highest BCUT2D eigenvalue weighted by Gasteiger charge is 2.50. The van der Waals surface area contributed by atoms with Crippen LogP contribution in [0.15, 0.2) is 0 Å². The van der Waals surface area contributed by atoms with Crippen molar-refractivity contribution in [1.29, 1.82) is 0 Å². The van der Waals surface area contributed by atoms with Crippen molar-refractivity contribution >= 4 is 23.9 Å². The topological polar surface area (TPSA) is 105 Å². The van der Waals surface area contributed by atoms with Gasteiger partial charge in [-0.2, -0.15) is 0 Å². The largest absolute Gasteiger partial charge is 0.456 e. The summed E-state index contributed by atoms with van der Waals surface area (Å²) in [4.78, 5) is 45.0. The van der Waals surface area contributed by atoms with Crippen LogP contribution in [0.2, 0.25) is 0 Å². The quantitative estimate of drug-likeness (QED) is 0.516. The SMILES string of the molecule is CC(=O)O[C@@H]1[C@@H](OC(C)=O)[C@@H](OC(C)=O)C(=O)O[C@H]1C. The summed E-state index contributed by atoms with van der Waals surface area (Å²) < 4.78 is 19.7. The molecule has 1 heterocycles. The van der Waals surface area contributed by atoms with E-state index in [2.05, 4.69) is 0 Å². The Labute approximate surface area is 115 Å². The number of carbonyl (C=O) groups is 4. The van der Waals surface area contributed by atoms with Crippen LogP contribution in [0.4, 0.5) is 0 Å². The van der Waals surface area contributed by atoms with Gasteiger partial charge in [-0.1, -0.05) is 0 Å². The maximum Gasteiger partial charge on any atom is 0.352 e. The van der Waals surface area contributed by atoms with Gasteiger partial charge in [0.1, 0.15) is 6.10 Å². The predicted octanol–water partition coefficient (Wildman–Crippen LogP) is -0.273. The molecule has 8 nitrogen and oxygen atoms in total. The molecule has 0 aromatic rings. The highest BCUT2D eigenvalue weighted by molar-refractivity contribution is 5.81. The van der Waals surface area contributed by atoms with Crippen molar-refractivity contribution < 1.29 is 38.1 Å². The maximum absolute atomic E-state index is 11.7. The van der Waals surface area contributed by atoms with Crippen molar-refractivity contribution in [3.05, 3.63) is 0 Å². The second-order valence-corrected chi connectivity index (χ2v) is 4.32. The molecular weight excluding hydrogens is 272 g/mol. The van der Waals surface area contributed by atoms with Crippen LogP contribution >= 0.6 is 0 Å². The molecule has 0 aromatic heterocycles. The molecule has 0 unspecified atom stereocenters. The van der Waals surface area contributed by atoms with Crippen LogP contribution < -0.4 is 0 Å². The molecule has 112 valence electrons. The van der Waals surface area contributed by atoms with E-state index in [0.29, 0.717) is 0 Å². The molecule has 0 N–H and O–H groups in total. The van der Waals surface area contributed by atoms with Gasteiger partial charge in [0.25, 0.3) is 0 Å². The number of carbonyl (C=O) groups excluding carboxylic acids is 4. The molecule has 0 saturated carbocycles. The van der Waals surface area contributed by atoms with Gasteiger partial charge in [0.15, 0.2) is 12.2 Å². The van der Waals surface area contributed by atoms with E-state index in [0.717, 1.165) is 20.8 Å². The van der Waals surface area contributed by atoms with Crippen LogP contribution in [0.25, 0.3) is 0 Å². The first-order valence-electron chi connectivity index (χ1n) is 5.94. The lowest BCUT2D eigenvalue weighted by Gasteiger charge is -2.38. The molecule has 0 spiro atoms. The molecule has 8 heteroatoms. The number of ether oxygens (including phenoxy) is 4. The number of hydrogen-bond acceptors (Lipinski definition) is 8. The Kier molecular flexibility index (Phi) is 5.06. The molecule has 1 aliphatic rings. The van der Waals surface area contributed by atoms with Crippen LogP contribution in [-0.2, 0) is 38.1 Å². The lowest BCUT2D eigenvalue weighted by Crippen LogP contribution is -2.58. The van der Waals surface area contributed by atoms with Crippen LogP contribution in [0.1, 0.15) is 27.7 Å². The van der Waals surface area contributed by atoms with E-state index in [1.807, 2.05) is 0 Å². The molecule has 0 aromatic carbocycles. The summed E-state index contributed by atoms with van der Waals surface area (Å²) >= 11 is 0. The fourth-order valence-electron chi connectivity index (χ4n) is 1.86. The number of rotatable bonds is 3. The Bertz CT molecular complexity index is 429. The van der Waals surface area contributed by atoms with Gasteiger partial charge in [-0.3, -0.25) is 14.4 Å². The normalized spacial score (nSPS) is 29.1. The van der Waals surface area contributed by atoms with Gasteiger partial charge >= 0.3 is 23.9 Å². The molecule has 0 bridgehead atoms. The van der Waals surface area contributed by atoms with Crippen LogP contribution in [0.5, 0.6) is 0 Å². The first-order valence-corrected chi connectivity index (χ1v) is 5.94. The van der Waals surface area contributed by atoms with E-state index in [4.69, 9.17) is 18.9 Å². The zero-order valence-electron chi connectivity index (χ0n) is 11.6. The number of cyclic esters (lactones) is 1. The lowest BCUT2D eigenvalue weighted by molar-refractivity contribution is -0.222. The minimum Gasteiger partial charge on any atom is -0.456 e. The highest BCUT2D eigenvalue weighted by atomic mass is 16.7. The summed E-state index contributed by atoms with van der Waals surface area (Å²) in [5, 5.41) is 0. The molecule has 1 aliphatic heterocycles. The van der Waals surface area contributed by atoms with Crippen LogP contribution in [0, 0.1) is 0 Å². The van der Waals surface area contributed by atoms with E-state index in [1.54, 1.807) is 0 Å². The standard InChI is InChI=1S/C12H16O8/c1-5-9(18-6(2)13)10(19-7(3)14)11(12(16)17-5)20-8(4)15/h5,9-11H,1-4H3/t5-,9-,10+,11+/m0/s1. The Morgan fingerprint density at radius 2 is 1.35 bits per heavy atom. The van der Waals surface area contributed by atoms with Gasteiger partial charge in [0.2, 0.25) is 6.10 Å². The summed E-state index contributed by atoms with van der Waals surface area (Å²) in [6, 6.07) is 0. The van der Waals surface area contributed by atoms with Gasteiger partial charge in [0.05, 0.1) is 0 Å². The molecule has 0 aliphatic carbocycles. The Morgan fingerprint density at radius 3 is 1.80 bits per heavy atom. The molecule has 1 rings (SSSR count). The fourth-order valence-corrected chi connectivity index (χ4v) is 1.86. The third kappa shape index (κ3) is 3.94. The number of hydrogen-bond donors (Lipinski definition) is 0. The Hall–Kier alpha value is -2.12. The van der Waals surface area contributed by atoms with Gasteiger partial charge in [0, 0.05) is 20.8 Å². The van der Waals surface area contributed by atoms with E-state index in [1.165, 1.54) is 6.92 Å². The summed E-state index contributed by atoms with van der Waals surface area (Å²) in [5.41, 5.74) is 0. The number of esters is 4. The summed E-state index contributed by atoms with van der Waals surface area (Å²) in [6.07, 6.45) is -4.57. The van der Waals surface area contributed by atoms with Crippen molar-refractivity contribution in [3.8, 4) is 0 Å². The average molecular weight is 288 g/mol. The zero-order chi connectivity index (χ0) is 15.4. The molecule has 0 amide bonds. The van der Waals surface area contributed by atoms with E-state index in [9.17, 15) is 19.2 Å². The van der Waals surface area contributed by atoms with Gasteiger partial charge < -0.3 is 18.9 Å². The third-order valence-electron chi connectivity index (χ3n) is 2.52. The predicted molar refractivity (Wildman–Crippen MR) is 62.2 cm³/mol. The highest BCUT2D eigenvalue weighted by Crippen LogP contribution is 2.25. The molecule has 20 heavy (non-hydrogen) atoms. The van der Waals surface area contributed by atoms with E-state index < -0.39 is 48.3 Å². The maximum atomic E-state index is 11.7. The van der Waals surface area contributed by atoms with Crippen molar-refractivity contribution in [2.45, 2.75) is 52.1 Å². The minimum atomic E-state index is -1.46. The van der Waals surface area contributed by atoms with Gasteiger partial charge in [-0.05, 0) is 6.92 Å².